The Morgan fingerprint density at radius 1 is 1.32 bits per heavy atom. The summed E-state index contributed by atoms with van der Waals surface area (Å²) in [7, 11) is 3.24. The van der Waals surface area contributed by atoms with Gasteiger partial charge < -0.3 is 29.2 Å². The first-order valence-corrected chi connectivity index (χ1v) is 12.0. The van der Waals surface area contributed by atoms with Gasteiger partial charge in [0.1, 0.15) is 36.6 Å². The number of pyridine rings is 1. The normalized spacial score (nSPS) is 14.2. The third kappa shape index (κ3) is 9.04. The van der Waals surface area contributed by atoms with Crippen LogP contribution in [0.4, 0.5) is 10.1 Å². The number of halogens is 1. The predicted molar refractivity (Wildman–Crippen MR) is 137 cm³/mol. The largest absolute Gasteiger partial charge is 0.492 e. The molecule has 1 aliphatic rings. The van der Waals surface area contributed by atoms with Gasteiger partial charge in [0.25, 0.3) is 0 Å². The maximum Gasteiger partial charge on any atom is 0.244 e. The number of hydrogen-bond donors (Lipinski definition) is 1. The van der Waals surface area contributed by atoms with Crippen LogP contribution < -0.4 is 19.5 Å². The number of aryl methyl sites for hydroxylation is 1. The first-order chi connectivity index (χ1) is 18.4. The minimum atomic E-state index is -0.324. The minimum Gasteiger partial charge on any atom is -0.492 e. The molecule has 2 aromatic heterocycles. The van der Waals surface area contributed by atoms with Crippen molar-refractivity contribution in [2.24, 2.45) is 0 Å². The van der Waals surface area contributed by atoms with Crippen molar-refractivity contribution in [2.75, 3.05) is 45.8 Å². The summed E-state index contributed by atoms with van der Waals surface area (Å²) in [4.78, 5) is 27.9. The van der Waals surface area contributed by atoms with E-state index in [4.69, 9.17) is 18.9 Å². The highest BCUT2D eigenvalue weighted by molar-refractivity contribution is 5.76. The topological polar surface area (TPSA) is 117 Å². The first-order valence-electron chi connectivity index (χ1n) is 12.0. The molecule has 38 heavy (non-hydrogen) atoms. The average Bonchev–Trinajstić information content (AvgIpc) is 3.59. The molecule has 1 aromatic carbocycles. The lowest BCUT2D eigenvalue weighted by Crippen LogP contribution is -2.33. The number of methoxy groups -OCH3 is 1. The summed E-state index contributed by atoms with van der Waals surface area (Å²) < 4.78 is 36.2. The molecule has 11 nitrogen and oxygen atoms in total. The van der Waals surface area contributed by atoms with Crippen LogP contribution in [0.5, 0.6) is 17.4 Å². The van der Waals surface area contributed by atoms with E-state index in [1.165, 1.54) is 21.8 Å². The van der Waals surface area contributed by atoms with Crippen LogP contribution in [0.15, 0.2) is 48.9 Å². The number of benzene rings is 1. The highest BCUT2D eigenvalue weighted by Gasteiger charge is 2.17. The summed E-state index contributed by atoms with van der Waals surface area (Å²) in [5.41, 5.74) is 1.07. The van der Waals surface area contributed by atoms with Crippen LogP contribution in [0.1, 0.15) is 12.0 Å². The molecule has 1 saturated heterocycles. The van der Waals surface area contributed by atoms with Gasteiger partial charge in [-0.15, -0.1) is 0 Å². The van der Waals surface area contributed by atoms with Crippen molar-refractivity contribution in [3.63, 3.8) is 0 Å². The molecule has 1 aliphatic heterocycles. The fourth-order valence-electron chi connectivity index (χ4n) is 3.31. The average molecular weight is 530 g/mol. The van der Waals surface area contributed by atoms with Crippen LogP contribution in [0.2, 0.25) is 0 Å². The number of likely N-dealkylation sites (N-methyl/N-ethyl adjacent to an activating group) is 1. The summed E-state index contributed by atoms with van der Waals surface area (Å²) >= 11 is 0. The molecule has 12 heteroatoms. The van der Waals surface area contributed by atoms with Gasteiger partial charge in [-0.25, -0.2) is 9.37 Å². The Labute approximate surface area is 220 Å². The summed E-state index contributed by atoms with van der Waals surface area (Å²) in [6.07, 6.45) is 6.35. The number of nitrogens with one attached hydrogen (secondary N) is 1. The molecule has 204 valence electrons. The maximum atomic E-state index is 13.4. The number of rotatable bonds is 11. The molecule has 1 atom stereocenters. The van der Waals surface area contributed by atoms with Gasteiger partial charge in [-0.3, -0.25) is 14.3 Å². The lowest BCUT2D eigenvalue weighted by molar-refractivity contribution is -0.131. The van der Waals surface area contributed by atoms with E-state index in [0.717, 1.165) is 18.8 Å². The Bertz CT molecular complexity index is 1180. The lowest BCUT2D eigenvalue weighted by Gasteiger charge is -2.17. The number of anilines is 1. The van der Waals surface area contributed by atoms with E-state index in [9.17, 15) is 14.0 Å². The van der Waals surface area contributed by atoms with Crippen LogP contribution in [0, 0.1) is 12.7 Å². The number of hydrogen-bond acceptors (Lipinski definition) is 8. The molecular formula is C26H32FN5O6. The minimum absolute atomic E-state index is 0.0518. The maximum absolute atomic E-state index is 13.4. The van der Waals surface area contributed by atoms with Gasteiger partial charge in [0, 0.05) is 38.0 Å². The smallest absolute Gasteiger partial charge is 0.244 e. The van der Waals surface area contributed by atoms with Crippen LogP contribution in [0.25, 0.3) is 0 Å². The monoisotopic (exact) mass is 529 g/mol. The standard InChI is InChI=1S/C16H19FN4O3.C10H13NO3/c1-12-3-4-14(7-15(12)17)24-6-5-20(2)16(23)10-21-9-13(8-19-21)18-11-22;1-12-10-6-8(2-4-11-10)14-9-3-5-13-7-9/h3-4,7-9,11H,5-6,10H2,1-2H3,(H,18,22);2,4,6,9H,3,5,7H2,1H3. The van der Waals surface area contributed by atoms with E-state index in [-0.39, 0.29) is 31.0 Å². The van der Waals surface area contributed by atoms with Crippen molar-refractivity contribution in [2.45, 2.75) is 26.0 Å². The predicted octanol–water partition coefficient (Wildman–Crippen LogP) is 2.69. The van der Waals surface area contributed by atoms with Gasteiger partial charge in [0.15, 0.2) is 0 Å². The summed E-state index contributed by atoms with van der Waals surface area (Å²) in [5, 5.41) is 6.43. The van der Waals surface area contributed by atoms with Crippen molar-refractivity contribution in [3.05, 3.63) is 60.3 Å². The number of nitrogens with zero attached hydrogens (tertiary/aromatic N) is 4. The zero-order valence-corrected chi connectivity index (χ0v) is 21.6. The van der Waals surface area contributed by atoms with Gasteiger partial charge in [-0.2, -0.15) is 5.10 Å². The van der Waals surface area contributed by atoms with E-state index in [2.05, 4.69) is 15.4 Å². The molecule has 1 unspecified atom stereocenters. The zero-order valence-electron chi connectivity index (χ0n) is 21.6. The molecule has 0 radical (unpaired) electrons. The van der Waals surface area contributed by atoms with Crippen molar-refractivity contribution in [3.8, 4) is 17.4 Å². The Morgan fingerprint density at radius 2 is 2.16 bits per heavy atom. The van der Waals surface area contributed by atoms with Gasteiger partial charge in [-0.05, 0) is 24.6 Å². The van der Waals surface area contributed by atoms with Crippen LogP contribution in [-0.4, -0.2) is 78.6 Å². The summed E-state index contributed by atoms with van der Waals surface area (Å²) in [6.45, 7) is 3.79. The molecule has 0 spiro atoms. The Hall–Kier alpha value is -4.19. The number of amides is 2. The summed E-state index contributed by atoms with van der Waals surface area (Å²) in [5.74, 6) is 1.30. The zero-order chi connectivity index (χ0) is 27.3. The Kier molecular flexibility index (Phi) is 10.8. The van der Waals surface area contributed by atoms with E-state index in [0.29, 0.717) is 42.4 Å². The Morgan fingerprint density at radius 3 is 2.87 bits per heavy atom. The molecule has 0 saturated carbocycles. The van der Waals surface area contributed by atoms with Crippen LogP contribution in [-0.2, 0) is 20.9 Å². The van der Waals surface area contributed by atoms with Crippen molar-refractivity contribution in [1.82, 2.24) is 19.7 Å². The fraction of sp³-hybridized carbons (Fsp3) is 0.385. The van der Waals surface area contributed by atoms with Crippen LogP contribution in [0.3, 0.4) is 0 Å². The lowest BCUT2D eigenvalue weighted by atomic mass is 10.2. The molecule has 1 fully saturated rings. The van der Waals surface area contributed by atoms with E-state index in [1.807, 2.05) is 6.07 Å². The van der Waals surface area contributed by atoms with Crippen molar-refractivity contribution in [1.29, 1.82) is 0 Å². The molecule has 2 amide bonds. The van der Waals surface area contributed by atoms with Gasteiger partial charge in [-0.1, -0.05) is 6.07 Å². The molecular weight excluding hydrogens is 497 g/mol. The highest BCUT2D eigenvalue weighted by Crippen LogP contribution is 2.20. The molecule has 0 aliphatic carbocycles. The molecule has 3 heterocycles. The van der Waals surface area contributed by atoms with Gasteiger partial charge in [0.05, 0.1) is 38.8 Å². The van der Waals surface area contributed by atoms with Gasteiger partial charge in [0.2, 0.25) is 18.2 Å². The van der Waals surface area contributed by atoms with E-state index in [1.54, 1.807) is 51.7 Å². The molecule has 1 N–H and O–H groups in total. The molecule has 4 rings (SSSR count). The van der Waals surface area contributed by atoms with E-state index < -0.39 is 0 Å². The van der Waals surface area contributed by atoms with E-state index >= 15 is 0 Å². The van der Waals surface area contributed by atoms with Crippen molar-refractivity contribution >= 4 is 18.0 Å². The molecule has 3 aromatic rings. The second-order valence-electron chi connectivity index (χ2n) is 8.40. The second-order valence-corrected chi connectivity index (χ2v) is 8.40. The SMILES string of the molecule is COc1cc(OC2CCOC2)ccn1.Cc1ccc(OCCN(C)C(=O)Cn2cc(NC=O)cn2)cc1F. The van der Waals surface area contributed by atoms with Crippen LogP contribution >= 0.6 is 0 Å². The third-order valence-electron chi connectivity index (χ3n) is 5.53. The number of ether oxygens (including phenoxy) is 4. The number of aromatic nitrogens is 3. The molecule has 0 bridgehead atoms. The number of carbonyl (C=O) groups is 2. The fourth-order valence-corrected chi connectivity index (χ4v) is 3.31. The third-order valence-corrected chi connectivity index (χ3v) is 5.53. The highest BCUT2D eigenvalue weighted by atomic mass is 19.1. The van der Waals surface area contributed by atoms with Gasteiger partial charge >= 0.3 is 0 Å². The second kappa shape index (κ2) is 14.5. The first kappa shape index (κ1) is 28.4. The summed E-state index contributed by atoms with van der Waals surface area (Å²) in [6, 6.07) is 8.25. The quantitative estimate of drug-likeness (QED) is 0.377. The van der Waals surface area contributed by atoms with Crippen molar-refractivity contribution < 1.29 is 32.9 Å². The number of carbonyl (C=O) groups excluding carboxylic acids is 2. The Balaban J connectivity index is 0.000000241.